The highest BCUT2D eigenvalue weighted by atomic mass is 35.5. The first-order valence-electron chi connectivity index (χ1n) is 9.61. The summed E-state index contributed by atoms with van der Waals surface area (Å²) in [6, 6.07) is 9.57. The third-order valence-corrected chi connectivity index (χ3v) is 6.60. The van der Waals surface area contributed by atoms with Crippen LogP contribution in [0, 0.1) is 6.92 Å². The quantitative estimate of drug-likeness (QED) is 0.755. The Bertz CT molecular complexity index is 832. The van der Waals surface area contributed by atoms with E-state index in [1.807, 2.05) is 47.0 Å². The maximum Gasteiger partial charge on any atom is 0.255 e. The number of ether oxygens (including phenoxy) is 1. The summed E-state index contributed by atoms with van der Waals surface area (Å²) in [7, 11) is 0. The van der Waals surface area contributed by atoms with E-state index in [2.05, 4.69) is 16.8 Å². The van der Waals surface area contributed by atoms with Crippen LogP contribution < -0.4 is 9.64 Å². The summed E-state index contributed by atoms with van der Waals surface area (Å²) >= 11 is 8.06. The molecule has 2 aliphatic rings. The molecule has 0 N–H and O–H groups in total. The van der Waals surface area contributed by atoms with Crippen molar-refractivity contribution in [1.82, 2.24) is 9.88 Å². The van der Waals surface area contributed by atoms with Gasteiger partial charge in [0.1, 0.15) is 6.10 Å². The van der Waals surface area contributed by atoms with Crippen LogP contribution in [0.2, 0.25) is 5.02 Å². The summed E-state index contributed by atoms with van der Waals surface area (Å²) < 4.78 is 5.87. The van der Waals surface area contributed by atoms with Crippen LogP contribution in [0.4, 0.5) is 5.69 Å². The van der Waals surface area contributed by atoms with Gasteiger partial charge in [0.15, 0.2) is 0 Å². The van der Waals surface area contributed by atoms with E-state index in [0.717, 1.165) is 41.7 Å². The lowest BCUT2D eigenvalue weighted by Gasteiger charge is -2.37. The first kappa shape index (κ1) is 19.4. The largest absolute Gasteiger partial charge is 0.473 e. The number of nitrogens with zero attached hydrogens (tertiary/aromatic N) is 3. The van der Waals surface area contributed by atoms with Crippen molar-refractivity contribution in [3.05, 3.63) is 52.7 Å². The predicted octanol–water partition coefficient (Wildman–Crippen LogP) is 3.89. The number of amides is 1. The molecule has 2 saturated heterocycles. The number of aromatic nitrogens is 1. The molecule has 2 aromatic rings. The molecule has 1 amide bonds. The fourth-order valence-corrected chi connectivity index (χ4v) is 4.87. The Kier molecular flexibility index (Phi) is 5.97. The summed E-state index contributed by atoms with van der Waals surface area (Å²) in [6.45, 7) is 5.04. The van der Waals surface area contributed by atoms with Gasteiger partial charge in [0.05, 0.1) is 5.56 Å². The van der Waals surface area contributed by atoms with Gasteiger partial charge in [-0.3, -0.25) is 4.79 Å². The summed E-state index contributed by atoms with van der Waals surface area (Å²) in [5.41, 5.74) is 2.96. The van der Waals surface area contributed by atoms with Gasteiger partial charge in [-0.15, -0.1) is 0 Å². The van der Waals surface area contributed by atoms with Gasteiger partial charge in [-0.2, -0.15) is 11.8 Å². The molecule has 4 rings (SSSR count). The van der Waals surface area contributed by atoms with Crippen molar-refractivity contribution >= 4 is 35.0 Å². The number of rotatable bonds is 4. The van der Waals surface area contributed by atoms with Gasteiger partial charge in [-0.05, 0) is 42.9 Å². The van der Waals surface area contributed by atoms with Crippen molar-refractivity contribution < 1.29 is 9.53 Å². The normalized spacial score (nSPS) is 19.7. The molecular formula is C21H24ClN3O2S. The third-order valence-electron chi connectivity index (χ3n) is 5.24. The fourth-order valence-electron chi connectivity index (χ4n) is 3.61. The zero-order valence-electron chi connectivity index (χ0n) is 15.9. The van der Waals surface area contributed by atoms with E-state index in [9.17, 15) is 4.79 Å². The van der Waals surface area contributed by atoms with Crippen LogP contribution in [-0.2, 0) is 0 Å². The smallest absolute Gasteiger partial charge is 0.255 e. The van der Waals surface area contributed by atoms with Crippen LogP contribution in [-0.4, -0.2) is 59.6 Å². The molecule has 148 valence electrons. The van der Waals surface area contributed by atoms with E-state index in [-0.39, 0.29) is 12.0 Å². The molecule has 2 aliphatic heterocycles. The first-order valence-corrected chi connectivity index (χ1v) is 11.1. The Morgan fingerprint density at radius 1 is 1.21 bits per heavy atom. The molecule has 0 radical (unpaired) electrons. The molecule has 0 bridgehead atoms. The van der Waals surface area contributed by atoms with E-state index < -0.39 is 0 Å². The van der Waals surface area contributed by atoms with E-state index in [0.29, 0.717) is 24.5 Å². The Morgan fingerprint density at radius 2 is 2.04 bits per heavy atom. The summed E-state index contributed by atoms with van der Waals surface area (Å²) in [4.78, 5) is 21.3. The zero-order valence-corrected chi connectivity index (χ0v) is 17.5. The van der Waals surface area contributed by atoms with Crippen LogP contribution in [0.5, 0.6) is 5.88 Å². The average molecular weight is 418 g/mol. The van der Waals surface area contributed by atoms with Crippen LogP contribution in [0.25, 0.3) is 0 Å². The van der Waals surface area contributed by atoms with Crippen LogP contribution in [0.1, 0.15) is 22.3 Å². The Morgan fingerprint density at radius 3 is 2.71 bits per heavy atom. The van der Waals surface area contributed by atoms with Crippen molar-refractivity contribution in [3.63, 3.8) is 0 Å². The number of hydrogen-bond acceptors (Lipinski definition) is 5. The highest BCUT2D eigenvalue weighted by molar-refractivity contribution is 7.99. The summed E-state index contributed by atoms with van der Waals surface area (Å²) in [6.07, 6.45) is 2.93. The molecule has 28 heavy (non-hydrogen) atoms. The number of carbonyl (C=O) groups excluding carboxylic acids is 1. The van der Waals surface area contributed by atoms with E-state index in [4.69, 9.17) is 16.3 Å². The number of piperazine rings is 1. The number of thioether (sulfide) groups is 1. The van der Waals surface area contributed by atoms with Gasteiger partial charge < -0.3 is 14.5 Å². The molecule has 1 unspecified atom stereocenters. The molecule has 3 heterocycles. The van der Waals surface area contributed by atoms with Gasteiger partial charge in [-0.1, -0.05) is 17.7 Å². The lowest BCUT2D eigenvalue weighted by atomic mass is 10.1. The maximum absolute atomic E-state index is 12.8. The second-order valence-corrected chi connectivity index (χ2v) is 8.78. The second kappa shape index (κ2) is 8.62. The predicted molar refractivity (Wildman–Crippen MR) is 115 cm³/mol. The lowest BCUT2D eigenvalue weighted by molar-refractivity contribution is 0.0746. The van der Waals surface area contributed by atoms with Gasteiger partial charge in [0, 0.05) is 54.9 Å². The number of aryl methyl sites for hydroxylation is 1. The Labute approximate surface area is 175 Å². The van der Waals surface area contributed by atoms with Crippen LogP contribution in [0.3, 0.4) is 0 Å². The topological polar surface area (TPSA) is 45.7 Å². The first-order chi connectivity index (χ1) is 13.6. The van der Waals surface area contributed by atoms with E-state index >= 15 is 0 Å². The van der Waals surface area contributed by atoms with Crippen molar-refractivity contribution in [3.8, 4) is 5.88 Å². The summed E-state index contributed by atoms with van der Waals surface area (Å²) in [5.74, 6) is 2.78. The minimum absolute atomic E-state index is 0.0259. The number of carbonyl (C=O) groups is 1. The molecule has 0 aliphatic carbocycles. The van der Waals surface area contributed by atoms with Crippen LogP contribution >= 0.6 is 23.4 Å². The minimum atomic E-state index is 0.0259. The number of hydrogen-bond donors (Lipinski definition) is 0. The van der Waals surface area contributed by atoms with Crippen molar-refractivity contribution in [1.29, 1.82) is 0 Å². The summed E-state index contributed by atoms with van der Waals surface area (Å²) in [5, 5.41) is 0.740. The maximum atomic E-state index is 12.8. The average Bonchev–Trinajstić information content (AvgIpc) is 3.23. The monoisotopic (exact) mass is 417 g/mol. The fraction of sp³-hybridized carbons (Fsp3) is 0.429. The minimum Gasteiger partial charge on any atom is -0.473 e. The highest BCUT2D eigenvalue weighted by Crippen LogP contribution is 2.26. The highest BCUT2D eigenvalue weighted by Gasteiger charge is 2.24. The second-order valence-electron chi connectivity index (χ2n) is 7.20. The SMILES string of the molecule is Cc1ccc(Cl)cc1N1CCN(C(=O)c2ccc(OC3CCSC3)nc2)CC1. The molecule has 1 aromatic heterocycles. The Balaban J connectivity index is 1.35. The number of benzene rings is 1. The molecule has 7 heteroatoms. The molecular weight excluding hydrogens is 394 g/mol. The van der Waals surface area contributed by atoms with Gasteiger partial charge in [0.25, 0.3) is 5.91 Å². The van der Waals surface area contributed by atoms with Gasteiger partial charge >= 0.3 is 0 Å². The zero-order chi connectivity index (χ0) is 19.5. The lowest BCUT2D eigenvalue weighted by Crippen LogP contribution is -2.49. The van der Waals surface area contributed by atoms with Crippen molar-refractivity contribution in [2.24, 2.45) is 0 Å². The van der Waals surface area contributed by atoms with E-state index in [1.165, 1.54) is 5.56 Å². The number of pyridine rings is 1. The van der Waals surface area contributed by atoms with Gasteiger partial charge in [0.2, 0.25) is 5.88 Å². The third kappa shape index (κ3) is 4.39. The van der Waals surface area contributed by atoms with Crippen molar-refractivity contribution in [2.45, 2.75) is 19.4 Å². The van der Waals surface area contributed by atoms with Gasteiger partial charge in [-0.25, -0.2) is 4.98 Å². The molecule has 5 nitrogen and oxygen atoms in total. The number of anilines is 1. The van der Waals surface area contributed by atoms with E-state index in [1.54, 1.807) is 6.20 Å². The number of halogens is 1. The molecule has 0 saturated carbocycles. The molecule has 1 atom stereocenters. The molecule has 1 aromatic carbocycles. The Hall–Kier alpha value is -1.92. The van der Waals surface area contributed by atoms with Crippen LogP contribution in [0.15, 0.2) is 36.5 Å². The standard InChI is InChI=1S/C21H24ClN3O2S/c1-15-2-4-17(22)12-19(15)24-7-9-25(10-8-24)21(26)16-3-5-20(23-13-16)27-18-6-11-28-14-18/h2-5,12-13,18H,6-11,14H2,1H3. The molecule has 2 fully saturated rings. The van der Waals surface area contributed by atoms with Crippen molar-refractivity contribution in [2.75, 3.05) is 42.6 Å². The molecule has 0 spiro atoms.